The van der Waals surface area contributed by atoms with Crippen LogP contribution in [0.3, 0.4) is 0 Å². The van der Waals surface area contributed by atoms with E-state index in [1.54, 1.807) is 30.5 Å². The fourth-order valence-corrected chi connectivity index (χ4v) is 3.00. The normalized spacial score (nSPS) is 11.2. The molecule has 2 N–H and O–H groups in total. The van der Waals surface area contributed by atoms with Crippen molar-refractivity contribution in [3.05, 3.63) is 88.4 Å². The number of nitrogens with one attached hydrogen (secondary N) is 2. The molecule has 0 aliphatic carbocycles. The van der Waals surface area contributed by atoms with Gasteiger partial charge in [0.2, 0.25) is 0 Å². The highest BCUT2D eigenvalue weighted by Gasteiger charge is 2.09. The maximum Gasteiger partial charge on any atom is 0.271 e. The molecule has 0 bridgehead atoms. The number of carbonyl (C=O) groups is 1. The van der Waals surface area contributed by atoms with Crippen LogP contribution in [-0.2, 0) is 0 Å². The number of hydrazone groups is 1. The van der Waals surface area contributed by atoms with E-state index in [0.717, 1.165) is 33.5 Å². The van der Waals surface area contributed by atoms with Crippen molar-refractivity contribution in [2.45, 2.75) is 6.92 Å². The molecule has 3 aromatic carbocycles. The second-order valence-corrected chi connectivity index (χ2v) is 6.82. The van der Waals surface area contributed by atoms with Crippen LogP contribution in [-0.4, -0.2) is 22.1 Å². The van der Waals surface area contributed by atoms with Crippen LogP contribution in [0.15, 0.2) is 71.8 Å². The molecule has 0 aliphatic rings. The molecule has 1 heterocycles. The summed E-state index contributed by atoms with van der Waals surface area (Å²) in [7, 11) is 0. The summed E-state index contributed by atoms with van der Waals surface area (Å²) in [5, 5.41) is 4.63. The van der Waals surface area contributed by atoms with Gasteiger partial charge in [-0.1, -0.05) is 48.0 Å². The summed E-state index contributed by atoms with van der Waals surface area (Å²) in [6, 6.07) is 20.4. The molecule has 0 aliphatic heterocycles. The summed E-state index contributed by atoms with van der Waals surface area (Å²) in [6.07, 6.45) is 1.57. The quantitative estimate of drug-likeness (QED) is 0.383. The highest BCUT2D eigenvalue weighted by molar-refractivity contribution is 6.30. The molecule has 1 aromatic heterocycles. The lowest BCUT2D eigenvalue weighted by Crippen LogP contribution is -2.17. The first-order valence-corrected chi connectivity index (χ1v) is 9.13. The Balaban J connectivity index is 1.46. The van der Waals surface area contributed by atoms with Crippen LogP contribution in [0.2, 0.25) is 5.02 Å². The standard InChI is InChI=1S/C22H17ClN4O/c1-14-3-2-4-19-20(14)26-21(25-19)16-7-9-17(10-8-16)22(28)27-24-13-15-5-11-18(23)12-6-15/h2-13H,1H3,(H,25,26)(H,27,28)/b24-13+. The van der Waals surface area contributed by atoms with Gasteiger partial charge in [0.05, 0.1) is 17.2 Å². The number of aromatic amines is 1. The van der Waals surface area contributed by atoms with Crippen molar-refractivity contribution in [1.29, 1.82) is 0 Å². The molecule has 4 aromatic rings. The molecule has 138 valence electrons. The van der Waals surface area contributed by atoms with Crippen LogP contribution in [0.4, 0.5) is 0 Å². The van der Waals surface area contributed by atoms with Crippen molar-refractivity contribution in [3.63, 3.8) is 0 Å². The third kappa shape index (κ3) is 3.80. The Morgan fingerprint density at radius 1 is 1.07 bits per heavy atom. The van der Waals surface area contributed by atoms with Gasteiger partial charge in [-0.3, -0.25) is 4.79 Å². The van der Waals surface area contributed by atoms with E-state index in [9.17, 15) is 4.79 Å². The Hall–Kier alpha value is -3.44. The number of amides is 1. The third-order valence-electron chi connectivity index (χ3n) is 4.38. The molecule has 0 spiro atoms. The first-order valence-electron chi connectivity index (χ1n) is 8.75. The zero-order valence-electron chi connectivity index (χ0n) is 15.1. The maximum absolute atomic E-state index is 12.3. The van der Waals surface area contributed by atoms with E-state index < -0.39 is 0 Å². The monoisotopic (exact) mass is 388 g/mol. The maximum atomic E-state index is 12.3. The lowest BCUT2D eigenvalue weighted by atomic mass is 10.1. The van der Waals surface area contributed by atoms with Crippen LogP contribution < -0.4 is 5.43 Å². The number of fused-ring (bicyclic) bond motifs is 1. The molecule has 4 rings (SSSR count). The topological polar surface area (TPSA) is 70.1 Å². The summed E-state index contributed by atoms with van der Waals surface area (Å²) >= 11 is 5.84. The molecular formula is C22H17ClN4O. The fourth-order valence-electron chi connectivity index (χ4n) is 2.87. The number of hydrogen-bond acceptors (Lipinski definition) is 3. The molecule has 0 atom stereocenters. The predicted molar refractivity (Wildman–Crippen MR) is 113 cm³/mol. The first kappa shape index (κ1) is 17.9. The number of hydrogen-bond donors (Lipinski definition) is 2. The Morgan fingerprint density at radius 2 is 1.82 bits per heavy atom. The van der Waals surface area contributed by atoms with Crippen molar-refractivity contribution in [2.24, 2.45) is 5.10 Å². The van der Waals surface area contributed by atoms with Crippen molar-refractivity contribution in [2.75, 3.05) is 0 Å². The summed E-state index contributed by atoms with van der Waals surface area (Å²) in [6.45, 7) is 2.03. The largest absolute Gasteiger partial charge is 0.338 e. The van der Waals surface area contributed by atoms with Crippen LogP contribution >= 0.6 is 11.6 Å². The van der Waals surface area contributed by atoms with Gasteiger partial charge in [0.25, 0.3) is 5.91 Å². The van der Waals surface area contributed by atoms with Crippen molar-refractivity contribution in [3.8, 4) is 11.4 Å². The number of rotatable bonds is 4. The molecule has 0 unspecified atom stereocenters. The zero-order valence-corrected chi connectivity index (χ0v) is 15.9. The summed E-state index contributed by atoms with van der Waals surface area (Å²) in [5.41, 5.74) is 7.87. The van der Waals surface area contributed by atoms with E-state index in [4.69, 9.17) is 11.6 Å². The molecule has 0 saturated heterocycles. The molecule has 0 saturated carbocycles. The van der Waals surface area contributed by atoms with Crippen LogP contribution in [0.25, 0.3) is 22.4 Å². The van der Waals surface area contributed by atoms with Crippen molar-refractivity contribution >= 4 is 34.8 Å². The van der Waals surface area contributed by atoms with E-state index in [0.29, 0.717) is 10.6 Å². The highest BCUT2D eigenvalue weighted by Crippen LogP contribution is 2.22. The van der Waals surface area contributed by atoms with E-state index in [2.05, 4.69) is 20.5 Å². The highest BCUT2D eigenvalue weighted by atomic mass is 35.5. The Kier molecular flexibility index (Phi) is 4.91. The SMILES string of the molecule is Cc1cccc2[nH]c(-c3ccc(C(=O)N/N=C/c4ccc(Cl)cc4)cc3)nc12. The van der Waals surface area contributed by atoms with E-state index in [1.165, 1.54) is 0 Å². The first-order chi connectivity index (χ1) is 13.6. The number of carbonyl (C=O) groups excluding carboxylic acids is 1. The minimum absolute atomic E-state index is 0.280. The average Bonchev–Trinajstić information content (AvgIpc) is 3.15. The summed E-state index contributed by atoms with van der Waals surface area (Å²) < 4.78 is 0. The average molecular weight is 389 g/mol. The van der Waals surface area contributed by atoms with Gasteiger partial charge in [-0.25, -0.2) is 10.4 Å². The Bertz CT molecular complexity index is 1160. The van der Waals surface area contributed by atoms with Gasteiger partial charge in [0.15, 0.2) is 0 Å². The van der Waals surface area contributed by atoms with Crippen LogP contribution in [0.1, 0.15) is 21.5 Å². The van der Waals surface area contributed by atoms with E-state index in [1.807, 2.05) is 49.4 Å². The van der Waals surface area contributed by atoms with Gasteiger partial charge in [0.1, 0.15) is 5.82 Å². The second-order valence-electron chi connectivity index (χ2n) is 6.38. The Morgan fingerprint density at radius 3 is 2.54 bits per heavy atom. The van der Waals surface area contributed by atoms with Crippen LogP contribution in [0.5, 0.6) is 0 Å². The van der Waals surface area contributed by atoms with Gasteiger partial charge >= 0.3 is 0 Å². The zero-order chi connectivity index (χ0) is 19.5. The predicted octanol–water partition coefficient (Wildman–Crippen LogP) is 4.96. The van der Waals surface area contributed by atoms with Gasteiger partial charge in [-0.05, 0) is 48.4 Å². The molecular weight excluding hydrogens is 372 g/mol. The van der Waals surface area contributed by atoms with Crippen molar-refractivity contribution < 1.29 is 4.79 Å². The molecule has 28 heavy (non-hydrogen) atoms. The minimum atomic E-state index is -0.280. The summed E-state index contributed by atoms with van der Waals surface area (Å²) in [5.74, 6) is 0.495. The van der Waals surface area contributed by atoms with Crippen molar-refractivity contribution in [1.82, 2.24) is 15.4 Å². The summed E-state index contributed by atoms with van der Waals surface area (Å²) in [4.78, 5) is 20.2. The number of aromatic nitrogens is 2. The minimum Gasteiger partial charge on any atom is -0.338 e. The van der Waals surface area contributed by atoms with Gasteiger partial charge in [0, 0.05) is 16.1 Å². The molecule has 0 fully saturated rings. The van der Waals surface area contributed by atoms with Crippen LogP contribution in [0, 0.1) is 6.92 Å². The number of aryl methyl sites for hydroxylation is 1. The third-order valence-corrected chi connectivity index (χ3v) is 4.64. The van der Waals surface area contributed by atoms with E-state index >= 15 is 0 Å². The molecule has 6 heteroatoms. The second kappa shape index (κ2) is 7.66. The number of imidazole rings is 1. The smallest absolute Gasteiger partial charge is 0.271 e. The number of benzene rings is 3. The van der Waals surface area contributed by atoms with Gasteiger partial charge < -0.3 is 4.98 Å². The van der Waals surface area contributed by atoms with E-state index in [-0.39, 0.29) is 5.91 Å². The number of halogens is 1. The Labute approximate surface area is 167 Å². The number of nitrogens with zero attached hydrogens (tertiary/aromatic N) is 2. The lowest BCUT2D eigenvalue weighted by Gasteiger charge is -2.01. The molecule has 1 amide bonds. The van der Waals surface area contributed by atoms with Gasteiger partial charge in [-0.2, -0.15) is 5.10 Å². The molecule has 5 nitrogen and oxygen atoms in total. The number of H-pyrrole nitrogens is 1. The molecule has 0 radical (unpaired) electrons. The number of para-hydroxylation sites is 1. The lowest BCUT2D eigenvalue weighted by molar-refractivity contribution is 0.0955. The van der Waals surface area contributed by atoms with Gasteiger partial charge in [-0.15, -0.1) is 0 Å². The fraction of sp³-hybridized carbons (Fsp3) is 0.0455.